The van der Waals surface area contributed by atoms with E-state index in [9.17, 15) is 0 Å². The number of rotatable bonds is 5. The highest BCUT2D eigenvalue weighted by Gasteiger charge is 2.19. The van der Waals surface area contributed by atoms with Gasteiger partial charge in [0.15, 0.2) is 17.5 Å². The van der Waals surface area contributed by atoms with Gasteiger partial charge in [0.1, 0.15) is 0 Å². The van der Waals surface area contributed by atoms with Crippen LogP contribution in [0.2, 0.25) is 0 Å². The quantitative estimate of drug-likeness (QED) is 0.179. The van der Waals surface area contributed by atoms with Crippen molar-refractivity contribution in [2.75, 3.05) is 0 Å². The number of hydrogen-bond donors (Lipinski definition) is 0. The Bertz CT molecular complexity index is 2980. The predicted molar refractivity (Wildman–Crippen MR) is 225 cm³/mol. The molecule has 4 nitrogen and oxygen atoms in total. The maximum atomic E-state index is 4.98. The molecule has 2 heterocycles. The van der Waals surface area contributed by atoms with Gasteiger partial charge < -0.3 is 4.57 Å². The minimum atomic E-state index is 0.662. The van der Waals surface area contributed by atoms with Gasteiger partial charge in [-0.3, -0.25) is 0 Å². The van der Waals surface area contributed by atoms with Crippen LogP contribution in [-0.2, 0) is 12.8 Å². The highest BCUT2D eigenvalue weighted by molar-refractivity contribution is 6.09. The van der Waals surface area contributed by atoms with Crippen molar-refractivity contribution in [2.24, 2.45) is 0 Å². The van der Waals surface area contributed by atoms with Crippen LogP contribution in [0.1, 0.15) is 22.3 Å². The second-order valence-corrected chi connectivity index (χ2v) is 14.5. The van der Waals surface area contributed by atoms with E-state index in [1.807, 2.05) is 60.7 Å². The molecule has 0 atom stereocenters. The van der Waals surface area contributed by atoms with Crippen molar-refractivity contribution >= 4 is 32.6 Å². The van der Waals surface area contributed by atoms with Gasteiger partial charge in [0.25, 0.3) is 0 Å². The first-order valence-electron chi connectivity index (χ1n) is 18.9. The van der Waals surface area contributed by atoms with Crippen molar-refractivity contribution in [1.82, 2.24) is 19.5 Å². The Labute approximate surface area is 319 Å². The first kappa shape index (κ1) is 31.4. The molecule has 0 amide bonds. The molecule has 0 N–H and O–H groups in total. The molecular weight excluding hydrogens is 669 g/mol. The number of para-hydroxylation sites is 2. The summed E-state index contributed by atoms with van der Waals surface area (Å²) in [6.07, 6.45) is 1.84. The Balaban J connectivity index is 0.929. The second kappa shape index (κ2) is 12.8. The molecule has 0 radical (unpaired) electrons. The zero-order valence-corrected chi connectivity index (χ0v) is 30.0. The van der Waals surface area contributed by atoms with E-state index in [0.717, 1.165) is 35.1 Å². The fourth-order valence-corrected chi connectivity index (χ4v) is 8.38. The number of aromatic nitrogens is 4. The average molecular weight is 703 g/mol. The Morgan fingerprint density at radius 3 is 1.51 bits per heavy atom. The Morgan fingerprint density at radius 1 is 0.327 bits per heavy atom. The van der Waals surface area contributed by atoms with E-state index in [1.165, 1.54) is 66.1 Å². The van der Waals surface area contributed by atoms with E-state index in [-0.39, 0.29) is 0 Å². The van der Waals surface area contributed by atoms with Gasteiger partial charge in [-0.05, 0) is 87.3 Å². The van der Waals surface area contributed by atoms with Crippen LogP contribution in [0.5, 0.6) is 0 Å². The Morgan fingerprint density at radius 2 is 0.836 bits per heavy atom. The average Bonchev–Trinajstić information content (AvgIpc) is 3.59. The fourth-order valence-electron chi connectivity index (χ4n) is 8.38. The normalized spacial score (nSPS) is 12.2. The molecular formula is C51H34N4. The number of fused-ring (bicyclic) bond motifs is 6. The molecule has 258 valence electrons. The summed E-state index contributed by atoms with van der Waals surface area (Å²) in [6, 6.07) is 65.0. The third kappa shape index (κ3) is 5.50. The molecule has 8 aromatic carbocycles. The molecule has 0 bridgehead atoms. The van der Waals surface area contributed by atoms with Gasteiger partial charge >= 0.3 is 0 Å². The standard InChI is InChI=1S/C51H34N4/c1-3-12-33(13-4-1)49-52-50(34-14-5-2-6-15-34)54-51(53-49)39-17-11-16-35(26-39)36-22-23-37-28-42-31-43-32-44(25-24-38(43)29-41(42)30-40(37)27-36)55-47-20-9-7-18-45(47)46-19-8-10-21-48(46)55/h1-27,29,31-32H,28,30H2. The van der Waals surface area contributed by atoms with Gasteiger partial charge in [-0.15, -0.1) is 0 Å². The lowest BCUT2D eigenvalue weighted by molar-refractivity contribution is 1.01. The van der Waals surface area contributed by atoms with Gasteiger partial charge in [-0.25, -0.2) is 15.0 Å². The van der Waals surface area contributed by atoms with Crippen LogP contribution in [0.4, 0.5) is 0 Å². The number of nitrogens with zero attached hydrogens (tertiary/aromatic N) is 4. The van der Waals surface area contributed by atoms with Crippen molar-refractivity contribution in [1.29, 1.82) is 0 Å². The molecule has 1 aliphatic rings. The molecule has 0 aliphatic heterocycles. The summed E-state index contributed by atoms with van der Waals surface area (Å²) in [6.45, 7) is 0. The van der Waals surface area contributed by atoms with Crippen molar-refractivity contribution in [3.8, 4) is 51.0 Å². The summed E-state index contributed by atoms with van der Waals surface area (Å²) < 4.78 is 2.40. The SMILES string of the molecule is c1ccc(-c2nc(-c3ccccc3)nc(-c3cccc(-c4ccc5c(c4)Cc4cc6ccc(-n7c8ccccc8c8ccccc87)cc6cc4C5)c3)n2)cc1. The maximum Gasteiger partial charge on any atom is 0.164 e. The molecule has 0 fully saturated rings. The molecule has 55 heavy (non-hydrogen) atoms. The molecule has 4 heteroatoms. The van der Waals surface area contributed by atoms with Crippen LogP contribution in [0, 0.1) is 0 Å². The highest BCUT2D eigenvalue weighted by atomic mass is 15.0. The smallest absolute Gasteiger partial charge is 0.164 e. The number of hydrogen-bond acceptors (Lipinski definition) is 3. The zero-order valence-electron chi connectivity index (χ0n) is 30.0. The van der Waals surface area contributed by atoms with E-state index in [1.54, 1.807) is 0 Å². The fraction of sp³-hybridized carbons (Fsp3) is 0.0392. The first-order valence-corrected chi connectivity index (χ1v) is 18.9. The minimum absolute atomic E-state index is 0.662. The van der Waals surface area contributed by atoms with Gasteiger partial charge in [0, 0.05) is 33.2 Å². The zero-order chi connectivity index (χ0) is 36.3. The van der Waals surface area contributed by atoms with E-state index >= 15 is 0 Å². The summed E-state index contributed by atoms with van der Waals surface area (Å²) in [4.78, 5) is 14.8. The molecule has 0 unspecified atom stereocenters. The lowest BCUT2D eigenvalue weighted by atomic mass is 9.83. The summed E-state index contributed by atoms with van der Waals surface area (Å²) >= 11 is 0. The maximum absolute atomic E-state index is 4.98. The van der Waals surface area contributed by atoms with Crippen molar-refractivity contribution in [3.63, 3.8) is 0 Å². The van der Waals surface area contributed by atoms with Crippen molar-refractivity contribution < 1.29 is 0 Å². The third-order valence-corrected chi connectivity index (χ3v) is 11.1. The molecule has 0 spiro atoms. The van der Waals surface area contributed by atoms with E-state index in [0.29, 0.717) is 17.5 Å². The van der Waals surface area contributed by atoms with Crippen LogP contribution >= 0.6 is 0 Å². The topological polar surface area (TPSA) is 43.6 Å². The summed E-state index contributed by atoms with van der Waals surface area (Å²) in [5, 5.41) is 5.12. The lowest BCUT2D eigenvalue weighted by Crippen LogP contribution is -2.07. The molecule has 11 rings (SSSR count). The van der Waals surface area contributed by atoms with Gasteiger partial charge in [0.05, 0.1) is 11.0 Å². The first-order chi connectivity index (χ1) is 27.2. The van der Waals surface area contributed by atoms with E-state index in [2.05, 4.69) is 126 Å². The van der Waals surface area contributed by atoms with Gasteiger partial charge in [-0.2, -0.15) is 0 Å². The largest absolute Gasteiger partial charge is 0.309 e. The highest BCUT2D eigenvalue weighted by Crippen LogP contribution is 2.37. The third-order valence-electron chi connectivity index (χ3n) is 11.1. The van der Waals surface area contributed by atoms with Crippen LogP contribution in [0.3, 0.4) is 0 Å². The molecule has 0 saturated carbocycles. The molecule has 1 aliphatic carbocycles. The summed E-state index contributed by atoms with van der Waals surface area (Å²) in [7, 11) is 0. The van der Waals surface area contributed by atoms with E-state index in [4.69, 9.17) is 15.0 Å². The lowest BCUT2D eigenvalue weighted by Gasteiger charge is -2.22. The monoisotopic (exact) mass is 702 g/mol. The minimum Gasteiger partial charge on any atom is -0.309 e. The molecule has 10 aromatic rings. The van der Waals surface area contributed by atoms with Crippen molar-refractivity contribution in [2.45, 2.75) is 12.8 Å². The van der Waals surface area contributed by atoms with Crippen LogP contribution in [0.25, 0.3) is 83.6 Å². The Hall–Kier alpha value is -7.17. The van der Waals surface area contributed by atoms with Crippen LogP contribution < -0.4 is 0 Å². The second-order valence-electron chi connectivity index (χ2n) is 14.5. The van der Waals surface area contributed by atoms with E-state index < -0.39 is 0 Å². The van der Waals surface area contributed by atoms with Crippen LogP contribution in [-0.4, -0.2) is 19.5 Å². The molecule has 0 saturated heterocycles. The van der Waals surface area contributed by atoms with Crippen molar-refractivity contribution in [3.05, 3.63) is 204 Å². The Kier molecular flexibility index (Phi) is 7.27. The summed E-state index contributed by atoms with van der Waals surface area (Å²) in [5.41, 5.74) is 14.5. The predicted octanol–water partition coefficient (Wildman–Crippen LogP) is 12.3. The van der Waals surface area contributed by atoms with Crippen LogP contribution in [0.15, 0.2) is 182 Å². The number of benzene rings is 8. The summed E-state index contributed by atoms with van der Waals surface area (Å²) in [5.74, 6) is 1.99. The van der Waals surface area contributed by atoms with Gasteiger partial charge in [0.2, 0.25) is 0 Å². The van der Waals surface area contributed by atoms with Gasteiger partial charge in [-0.1, -0.05) is 152 Å². The molecule has 2 aromatic heterocycles.